The summed E-state index contributed by atoms with van der Waals surface area (Å²) in [6.45, 7) is 3.94. The number of hydrogen-bond acceptors (Lipinski definition) is 1. The van der Waals surface area contributed by atoms with Gasteiger partial charge in [0.05, 0.1) is 12.5 Å². The standard InChI is InChI=1S/C18H22N2O/c1-15-7-6-8-16(13-15)17(19-9-2-3-10-19)14-18(21)20-11-4-5-12-20/h2-3,6-10,13,17H,4-5,11-12,14H2,1H3/t17-/m1/s1. The highest BCUT2D eigenvalue weighted by Crippen LogP contribution is 2.25. The number of nitrogens with zero attached hydrogens (tertiary/aromatic N) is 2. The molecule has 0 spiro atoms. The Morgan fingerprint density at radius 2 is 1.86 bits per heavy atom. The number of likely N-dealkylation sites (tertiary alicyclic amines) is 1. The summed E-state index contributed by atoms with van der Waals surface area (Å²) in [5, 5.41) is 0. The van der Waals surface area contributed by atoms with Crippen LogP contribution in [0.4, 0.5) is 0 Å². The smallest absolute Gasteiger partial charge is 0.225 e. The second kappa shape index (κ2) is 6.17. The van der Waals surface area contributed by atoms with Crippen LogP contribution in [0.2, 0.25) is 0 Å². The van der Waals surface area contributed by atoms with Gasteiger partial charge in [0.25, 0.3) is 0 Å². The highest BCUT2D eigenvalue weighted by molar-refractivity contribution is 5.77. The molecule has 1 amide bonds. The molecule has 3 nitrogen and oxygen atoms in total. The zero-order chi connectivity index (χ0) is 14.7. The molecule has 2 heterocycles. The summed E-state index contributed by atoms with van der Waals surface area (Å²) in [5.74, 6) is 0.271. The lowest BCUT2D eigenvalue weighted by Crippen LogP contribution is -2.30. The van der Waals surface area contributed by atoms with Gasteiger partial charge in [-0.3, -0.25) is 4.79 Å². The lowest BCUT2D eigenvalue weighted by atomic mass is 10.0. The minimum Gasteiger partial charge on any atom is -0.346 e. The molecule has 110 valence electrons. The molecular formula is C18H22N2O. The van der Waals surface area contributed by atoms with E-state index in [4.69, 9.17) is 0 Å². The fourth-order valence-corrected chi connectivity index (χ4v) is 3.09. The van der Waals surface area contributed by atoms with Crippen molar-refractivity contribution in [2.75, 3.05) is 13.1 Å². The van der Waals surface area contributed by atoms with E-state index >= 15 is 0 Å². The summed E-state index contributed by atoms with van der Waals surface area (Å²) in [5.41, 5.74) is 2.44. The molecule has 3 heteroatoms. The first-order valence-electron chi connectivity index (χ1n) is 7.71. The van der Waals surface area contributed by atoms with Crippen molar-refractivity contribution in [1.29, 1.82) is 0 Å². The van der Waals surface area contributed by atoms with E-state index in [0.717, 1.165) is 25.9 Å². The SMILES string of the molecule is Cc1cccc([C@@H](CC(=O)N2CCCC2)n2cccc2)c1. The van der Waals surface area contributed by atoms with Gasteiger partial charge in [-0.25, -0.2) is 0 Å². The first kappa shape index (κ1) is 13.9. The molecule has 3 rings (SSSR count). The topological polar surface area (TPSA) is 25.2 Å². The van der Waals surface area contributed by atoms with Gasteiger partial charge < -0.3 is 9.47 Å². The van der Waals surface area contributed by atoms with E-state index in [1.165, 1.54) is 11.1 Å². The Balaban J connectivity index is 1.84. The molecule has 0 saturated carbocycles. The third kappa shape index (κ3) is 3.18. The molecule has 0 unspecified atom stereocenters. The third-order valence-electron chi connectivity index (χ3n) is 4.24. The lowest BCUT2D eigenvalue weighted by Gasteiger charge is -2.23. The van der Waals surface area contributed by atoms with Crippen molar-refractivity contribution in [3.63, 3.8) is 0 Å². The molecule has 0 radical (unpaired) electrons. The van der Waals surface area contributed by atoms with Crippen LogP contribution >= 0.6 is 0 Å². The average molecular weight is 282 g/mol. The van der Waals surface area contributed by atoms with Crippen LogP contribution in [0.3, 0.4) is 0 Å². The summed E-state index contributed by atoms with van der Waals surface area (Å²) >= 11 is 0. The van der Waals surface area contributed by atoms with Gasteiger partial charge in [-0.15, -0.1) is 0 Å². The number of hydrogen-bond donors (Lipinski definition) is 0. The normalized spacial score (nSPS) is 16.1. The molecule has 0 aliphatic carbocycles. The van der Waals surface area contributed by atoms with E-state index < -0.39 is 0 Å². The van der Waals surface area contributed by atoms with E-state index in [2.05, 4.69) is 35.8 Å². The van der Waals surface area contributed by atoms with Crippen LogP contribution in [0.5, 0.6) is 0 Å². The van der Waals surface area contributed by atoms with Crippen LogP contribution in [-0.4, -0.2) is 28.5 Å². The van der Waals surface area contributed by atoms with Gasteiger partial charge >= 0.3 is 0 Å². The Morgan fingerprint density at radius 3 is 2.52 bits per heavy atom. The molecule has 0 bridgehead atoms. The van der Waals surface area contributed by atoms with Crippen molar-refractivity contribution >= 4 is 5.91 Å². The number of aromatic nitrogens is 1. The molecule has 1 fully saturated rings. The van der Waals surface area contributed by atoms with E-state index in [1.54, 1.807) is 0 Å². The molecule has 1 aromatic carbocycles. The maximum atomic E-state index is 12.5. The summed E-state index contributed by atoms with van der Waals surface area (Å²) in [7, 11) is 0. The maximum Gasteiger partial charge on any atom is 0.225 e. The lowest BCUT2D eigenvalue weighted by molar-refractivity contribution is -0.130. The van der Waals surface area contributed by atoms with Crippen LogP contribution in [0.15, 0.2) is 48.8 Å². The van der Waals surface area contributed by atoms with Gasteiger partial charge in [-0.1, -0.05) is 29.8 Å². The van der Waals surface area contributed by atoms with Crippen molar-refractivity contribution in [2.45, 2.75) is 32.2 Å². The molecule has 1 aliphatic heterocycles. The van der Waals surface area contributed by atoms with Gasteiger partial charge in [-0.05, 0) is 37.5 Å². The van der Waals surface area contributed by atoms with Crippen LogP contribution in [0, 0.1) is 6.92 Å². The van der Waals surface area contributed by atoms with E-state index in [0.29, 0.717) is 6.42 Å². The monoisotopic (exact) mass is 282 g/mol. The second-order valence-electron chi connectivity index (χ2n) is 5.85. The number of carbonyl (C=O) groups excluding carboxylic acids is 1. The predicted molar refractivity (Wildman–Crippen MR) is 84.2 cm³/mol. The highest BCUT2D eigenvalue weighted by Gasteiger charge is 2.23. The Labute approximate surface area is 126 Å². The van der Waals surface area contributed by atoms with Crippen molar-refractivity contribution in [3.05, 3.63) is 59.9 Å². The van der Waals surface area contributed by atoms with Crippen molar-refractivity contribution < 1.29 is 4.79 Å². The zero-order valence-electron chi connectivity index (χ0n) is 12.5. The number of amides is 1. The summed E-state index contributed by atoms with van der Waals surface area (Å²) in [6.07, 6.45) is 6.92. The van der Waals surface area contributed by atoms with E-state index in [9.17, 15) is 4.79 Å². The molecule has 1 atom stereocenters. The fraction of sp³-hybridized carbons (Fsp3) is 0.389. The maximum absolute atomic E-state index is 12.5. The number of carbonyl (C=O) groups is 1. The molecule has 21 heavy (non-hydrogen) atoms. The number of rotatable bonds is 4. The van der Waals surface area contributed by atoms with Gasteiger partial charge in [0, 0.05) is 25.5 Å². The van der Waals surface area contributed by atoms with E-state index in [1.807, 2.05) is 29.4 Å². The highest BCUT2D eigenvalue weighted by atomic mass is 16.2. The fourth-order valence-electron chi connectivity index (χ4n) is 3.09. The molecule has 1 saturated heterocycles. The minimum atomic E-state index is 0.0907. The van der Waals surface area contributed by atoms with Crippen molar-refractivity contribution in [3.8, 4) is 0 Å². The third-order valence-corrected chi connectivity index (χ3v) is 4.24. The van der Waals surface area contributed by atoms with Crippen LogP contribution in [0.25, 0.3) is 0 Å². The molecule has 1 aromatic heterocycles. The quantitative estimate of drug-likeness (QED) is 0.843. The Kier molecular flexibility index (Phi) is 4.09. The second-order valence-corrected chi connectivity index (χ2v) is 5.85. The Hall–Kier alpha value is -2.03. The van der Waals surface area contributed by atoms with Crippen LogP contribution in [0.1, 0.15) is 36.4 Å². The average Bonchev–Trinajstić information content (AvgIpc) is 3.17. The predicted octanol–water partition coefficient (Wildman–Crippen LogP) is 3.40. The summed E-state index contributed by atoms with van der Waals surface area (Å²) < 4.78 is 2.14. The van der Waals surface area contributed by atoms with Crippen molar-refractivity contribution in [1.82, 2.24) is 9.47 Å². The Bertz CT molecular complexity index is 597. The Morgan fingerprint density at radius 1 is 1.14 bits per heavy atom. The van der Waals surface area contributed by atoms with Crippen molar-refractivity contribution in [2.24, 2.45) is 0 Å². The van der Waals surface area contributed by atoms with Gasteiger partial charge in [-0.2, -0.15) is 0 Å². The summed E-state index contributed by atoms with van der Waals surface area (Å²) in [6, 6.07) is 12.6. The molecule has 2 aromatic rings. The van der Waals surface area contributed by atoms with Crippen LogP contribution < -0.4 is 0 Å². The first-order valence-corrected chi connectivity index (χ1v) is 7.71. The number of aryl methyl sites for hydroxylation is 1. The van der Waals surface area contributed by atoms with E-state index in [-0.39, 0.29) is 11.9 Å². The molecule has 1 aliphatic rings. The molecule has 0 N–H and O–H groups in total. The number of benzene rings is 1. The van der Waals surface area contributed by atoms with Gasteiger partial charge in [0.2, 0.25) is 5.91 Å². The largest absolute Gasteiger partial charge is 0.346 e. The summed E-state index contributed by atoms with van der Waals surface area (Å²) in [4.78, 5) is 14.5. The first-order chi connectivity index (χ1) is 10.2. The van der Waals surface area contributed by atoms with Gasteiger partial charge in [0.15, 0.2) is 0 Å². The van der Waals surface area contributed by atoms with Gasteiger partial charge in [0.1, 0.15) is 0 Å². The zero-order valence-corrected chi connectivity index (χ0v) is 12.5. The van der Waals surface area contributed by atoms with Crippen LogP contribution in [-0.2, 0) is 4.79 Å². The minimum absolute atomic E-state index is 0.0907. The molecular weight excluding hydrogens is 260 g/mol.